The smallest absolute Gasteiger partial charge is 0.0200 e. The van der Waals surface area contributed by atoms with E-state index >= 15 is 0 Å². The minimum atomic E-state index is 0.586. The number of hydrogen-bond acceptors (Lipinski definition) is 2. The summed E-state index contributed by atoms with van der Waals surface area (Å²) in [6, 6.07) is 0.586. The molecule has 0 aliphatic carbocycles. The molecule has 1 atom stereocenters. The van der Waals surface area contributed by atoms with E-state index in [1.807, 2.05) is 0 Å². The largest absolute Gasteiger partial charge is 0.309 e. The quantitative estimate of drug-likeness (QED) is 0.622. The fourth-order valence-electron chi connectivity index (χ4n) is 1.65. The van der Waals surface area contributed by atoms with Crippen LogP contribution in [-0.2, 0) is 0 Å². The van der Waals surface area contributed by atoms with Crippen molar-refractivity contribution in [1.82, 2.24) is 10.2 Å². The van der Waals surface area contributed by atoms with Gasteiger partial charge in [0, 0.05) is 19.1 Å². The molecule has 2 nitrogen and oxygen atoms in total. The molecule has 0 radical (unpaired) electrons. The molecule has 15 heavy (non-hydrogen) atoms. The van der Waals surface area contributed by atoms with Crippen LogP contribution in [0.25, 0.3) is 0 Å². The molecule has 0 aliphatic rings. The Balaban J connectivity index is 3.95. The Hall–Kier alpha value is -0.340. The van der Waals surface area contributed by atoms with Crippen LogP contribution >= 0.6 is 0 Å². The third-order valence-electron chi connectivity index (χ3n) is 2.48. The zero-order valence-electron chi connectivity index (χ0n) is 11.1. The van der Waals surface area contributed by atoms with Crippen molar-refractivity contribution in [2.24, 2.45) is 5.92 Å². The molecule has 2 heteroatoms. The summed E-state index contributed by atoms with van der Waals surface area (Å²) < 4.78 is 0. The van der Waals surface area contributed by atoms with E-state index in [1.165, 1.54) is 12.0 Å². The number of rotatable bonds is 8. The van der Waals surface area contributed by atoms with E-state index < -0.39 is 0 Å². The van der Waals surface area contributed by atoms with Gasteiger partial charge in [0.1, 0.15) is 0 Å². The van der Waals surface area contributed by atoms with Crippen LogP contribution in [0.1, 0.15) is 33.6 Å². The molecule has 0 spiro atoms. The Kier molecular flexibility index (Phi) is 7.71. The third-order valence-corrected chi connectivity index (χ3v) is 2.48. The van der Waals surface area contributed by atoms with Gasteiger partial charge in [-0.15, -0.1) is 0 Å². The molecule has 0 amide bonds. The fourth-order valence-corrected chi connectivity index (χ4v) is 1.65. The first-order valence-corrected chi connectivity index (χ1v) is 6.00. The lowest BCUT2D eigenvalue weighted by molar-refractivity contribution is 0.310. The van der Waals surface area contributed by atoms with Crippen molar-refractivity contribution in [3.05, 3.63) is 12.2 Å². The molecule has 90 valence electrons. The van der Waals surface area contributed by atoms with Gasteiger partial charge in [-0.3, -0.25) is 0 Å². The molecule has 0 saturated heterocycles. The predicted octanol–water partition coefficient (Wildman–Crippen LogP) is 2.52. The summed E-state index contributed by atoms with van der Waals surface area (Å²) in [7, 11) is 4.26. The number of likely N-dealkylation sites (N-methyl/N-ethyl adjacent to an activating group) is 1. The lowest BCUT2D eigenvalue weighted by Crippen LogP contribution is -2.40. The lowest BCUT2D eigenvalue weighted by Gasteiger charge is -2.24. The molecule has 0 fully saturated rings. The molecule has 0 aromatic heterocycles. The van der Waals surface area contributed by atoms with Gasteiger partial charge in [-0.2, -0.15) is 0 Å². The highest BCUT2D eigenvalue weighted by atomic mass is 15.1. The average Bonchev–Trinajstić information content (AvgIpc) is 2.11. The fraction of sp³-hybridized carbons (Fsp3) is 0.846. The second-order valence-electron chi connectivity index (χ2n) is 5.07. The van der Waals surface area contributed by atoms with Gasteiger partial charge in [0.2, 0.25) is 0 Å². The zero-order valence-corrected chi connectivity index (χ0v) is 11.1. The molecule has 0 heterocycles. The molecule has 1 unspecified atom stereocenters. The van der Waals surface area contributed by atoms with Gasteiger partial charge < -0.3 is 10.2 Å². The van der Waals surface area contributed by atoms with Crippen molar-refractivity contribution >= 4 is 0 Å². The van der Waals surface area contributed by atoms with Gasteiger partial charge in [-0.1, -0.05) is 32.9 Å². The Labute approximate surface area is 95.7 Å². The Morgan fingerprint density at radius 2 is 1.93 bits per heavy atom. The van der Waals surface area contributed by atoms with Crippen LogP contribution in [0.3, 0.4) is 0 Å². The molecular formula is C13H28N2. The van der Waals surface area contributed by atoms with Gasteiger partial charge >= 0.3 is 0 Å². The summed E-state index contributed by atoms with van der Waals surface area (Å²) in [6.07, 6.45) is 2.30. The highest BCUT2D eigenvalue weighted by Crippen LogP contribution is 2.06. The summed E-state index contributed by atoms with van der Waals surface area (Å²) in [6.45, 7) is 12.8. The molecule has 0 aliphatic heterocycles. The highest BCUT2D eigenvalue weighted by Gasteiger charge is 2.11. The molecule has 0 aromatic carbocycles. The maximum atomic E-state index is 4.03. The monoisotopic (exact) mass is 212 g/mol. The van der Waals surface area contributed by atoms with Crippen molar-refractivity contribution in [1.29, 1.82) is 0 Å². The van der Waals surface area contributed by atoms with Gasteiger partial charge in [0.05, 0.1) is 0 Å². The topological polar surface area (TPSA) is 15.3 Å². The molecule has 0 saturated carbocycles. The SMILES string of the molecule is C=C(CC)CNC(CC(C)C)CN(C)C. The normalized spacial score (nSPS) is 13.5. The second-order valence-corrected chi connectivity index (χ2v) is 5.07. The van der Waals surface area contributed by atoms with Crippen molar-refractivity contribution < 1.29 is 0 Å². The van der Waals surface area contributed by atoms with Gasteiger partial charge in [-0.05, 0) is 32.9 Å². The number of nitrogens with one attached hydrogen (secondary N) is 1. The first-order chi connectivity index (χ1) is 6.95. The molecule has 0 bridgehead atoms. The van der Waals surface area contributed by atoms with Crippen LogP contribution in [0.15, 0.2) is 12.2 Å². The molecule has 0 rings (SSSR count). The van der Waals surface area contributed by atoms with Crippen molar-refractivity contribution in [2.75, 3.05) is 27.2 Å². The summed E-state index contributed by atoms with van der Waals surface area (Å²) in [5.74, 6) is 0.748. The van der Waals surface area contributed by atoms with Gasteiger partial charge in [-0.25, -0.2) is 0 Å². The third kappa shape index (κ3) is 8.64. The Morgan fingerprint density at radius 1 is 1.33 bits per heavy atom. The molecule has 1 N–H and O–H groups in total. The minimum Gasteiger partial charge on any atom is -0.309 e. The van der Waals surface area contributed by atoms with Crippen LogP contribution in [0, 0.1) is 5.92 Å². The van der Waals surface area contributed by atoms with Crippen LogP contribution in [0.4, 0.5) is 0 Å². The lowest BCUT2D eigenvalue weighted by atomic mass is 10.0. The Morgan fingerprint density at radius 3 is 2.33 bits per heavy atom. The van der Waals surface area contributed by atoms with E-state index in [2.05, 4.69) is 51.7 Å². The van der Waals surface area contributed by atoms with E-state index in [9.17, 15) is 0 Å². The van der Waals surface area contributed by atoms with E-state index in [0.717, 1.165) is 25.4 Å². The van der Waals surface area contributed by atoms with E-state index in [0.29, 0.717) is 6.04 Å². The standard InChI is InChI=1S/C13H28N2/c1-7-12(4)9-14-13(8-11(2)3)10-15(5)6/h11,13-14H,4,7-10H2,1-3,5-6H3. The summed E-state index contributed by atoms with van der Waals surface area (Å²) in [5.41, 5.74) is 1.29. The minimum absolute atomic E-state index is 0.586. The summed E-state index contributed by atoms with van der Waals surface area (Å²) in [4.78, 5) is 2.24. The first kappa shape index (κ1) is 14.7. The molecule has 0 aromatic rings. The van der Waals surface area contributed by atoms with Crippen LogP contribution in [0.2, 0.25) is 0 Å². The predicted molar refractivity (Wildman–Crippen MR) is 69.2 cm³/mol. The summed E-state index contributed by atoms with van der Waals surface area (Å²) in [5, 5.41) is 3.59. The van der Waals surface area contributed by atoms with Crippen LogP contribution in [-0.4, -0.2) is 38.1 Å². The van der Waals surface area contributed by atoms with Gasteiger partial charge in [0.25, 0.3) is 0 Å². The zero-order chi connectivity index (χ0) is 11.8. The van der Waals surface area contributed by atoms with E-state index in [-0.39, 0.29) is 0 Å². The van der Waals surface area contributed by atoms with Gasteiger partial charge in [0.15, 0.2) is 0 Å². The second kappa shape index (κ2) is 7.89. The Bertz CT molecular complexity index is 163. The maximum Gasteiger partial charge on any atom is 0.0200 e. The van der Waals surface area contributed by atoms with Crippen molar-refractivity contribution in [3.8, 4) is 0 Å². The highest BCUT2D eigenvalue weighted by molar-refractivity contribution is 4.96. The van der Waals surface area contributed by atoms with Crippen LogP contribution < -0.4 is 5.32 Å². The van der Waals surface area contributed by atoms with E-state index in [4.69, 9.17) is 0 Å². The van der Waals surface area contributed by atoms with Crippen molar-refractivity contribution in [3.63, 3.8) is 0 Å². The van der Waals surface area contributed by atoms with Crippen molar-refractivity contribution in [2.45, 2.75) is 39.7 Å². The first-order valence-electron chi connectivity index (χ1n) is 6.00. The number of hydrogen-bond donors (Lipinski definition) is 1. The molecular weight excluding hydrogens is 184 g/mol. The number of nitrogens with zero attached hydrogens (tertiary/aromatic N) is 1. The average molecular weight is 212 g/mol. The van der Waals surface area contributed by atoms with E-state index in [1.54, 1.807) is 0 Å². The maximum absolute atomic E-state index is 4.03. The van der Waals surface area contributed by atoms with Crippen LogP contribution in [0.5, 0.6) is 0 Å². The summed E-state index contributed by atoms with van der Waals surface area (Å²) >= 11 is 0.